The fourth-order valence-corrected chi connectivity index (χ4v) is 1.71. The molecule has 0 radical (unpaired) electrons. The van der Waals surface area contributed by atoms with Gasteiger partial charge in [-0.15, -0.1) is 0 Å². The standard InChI is InChI=1S/C14H13NO2/c16-14-3-1-2-13(15-14)10-4-6-11(7-5-10)17-12-8-9-12/h1-7,12H,8-9H2,(H,15,16). The smallest absolute Gasteiger partial charge is 0.248 e. The van der Waals surface area contributed by atoms with Gasteiger partial charge < -0.3 is 9.72 Å². The minimum absolute atomic E-state index is 0.0826. The first kappa shape index (κ1) is 10.1. The van der Waals surface area contributed by atoms with Gasteiger partial charge in [0.1, 0.15) is 5.75 Å². The first-order chi connectivity index (χ1) is 8.31. The van der Waals surface area contributed by atoms with Crippen LogP contribution in [0.1, 0.15) is 12.8 Å². The monoisotopic (exact) mass is 227 g/mol. The maximum Gasteiger partial charge on any atom is 0.248 e. The van der Waals surface area contributed by atoms with Crippen molar-refractivity contribution in [1.82, 2.24) is 4.98 Å². The summed E-state index contributed by atoms with van der Waals surface area (Å²) < 4.78 is 5.67. The van der Waals surface area contributed by atoms with E-state index < -0.39 is 0 Å². The van der Waals surface area contributed by atoms with Crippen molar-refractivity contribution < 1.29 is 4.74 Å². The molecule has 1 aromatic carbocycles. The maximum atomic E-state index is 11.2. The first-order valence-corrected chi connectivity index (χ1v) is 5.78. The Labute approximate surface area is 99.1 Å². The van der Waals surface area contributed by atoms with Crippen molar-refractivity contribution in [2.75, 3.05) is 0 Å². The molecule has 0 saturated heterocycles. The lowest BCUT2D eigenvalue weighted by Gasteiger charge is -2.05. The zero-order chi connectivity index (χ0) is 11.7. The van der Waals surface area contributed by atoms with Crippen LogP contribution >= 0.6 is 0 Å². The van der Waals surface area contributed by atoms with Crippen LogP contribution in [0.5, 0.6) is 5.75 Å². The highest BCUT2D eigenvalue weighted by Gasteiger charge is 2.23. The summed E-state index contributed by atoms with van der Waals surface area (Å²) >= 11 is 0. The van der Waals surface area contributed by atoms with Gasteiger partial charge in [-0.3, -0.25) is 4.79 Å². The molecule has 1 saturated carbocycles. The van der Waals surface area contributed by atoms with Gasteiger partial charge in [0, 0.05) is 11.8 Å². The number of hydrogen-bond donors (Lipinski definition) is 1. The normalized spacial score (nSPS) is 14.6. The van der Waals surface area contributed by atoms with Gasteiger partial charge in [-0.1, -0.05) is 6.07 Å². The highest BCUT2D eigenvalue weighted by atomic mass is 16.5. The third-order valence-corrected chi connectivity index (χ3v) is 2.76. The van der Waals surface area contributed by atoms with E-state index in [-0.39, 0.29) is 5.56 Å². The molecule has 1 aromatic heterocycles. The fraction of sp³-hybridized carbons (Fsp3) is 0.214. The number of benzene rings is 1. The van der Waals surface area contributed by atoms with E-state index in [1.54, 1.807) is 6.07 Å². The number of hydrogen-bond acceptors (Lipinski definition) is 2. The molecule has 1 fully saturated rings. The topological polar surface area (TPSA) is 42.1 Å². The summed E-state index contributed by atoms with van der Waals surface area (Å²) in [5.41, 5.74) is 1.74. The number of rotatable bonds is 3. The summed E-state index contributed by atoms with van der Waals surface area (Å²) in [5, 5.41) is 0. The van der Waals surface area contributed by atoms with Gasteiger partial charge in [0.05, 0.1) is 6.10 Å². The zero-order valence-electron chi connectivity index (χ0n) is 9.35. The zero-order valence-corrected chi connectivity index (χ0v) is 9.35. The number of aromatic amines is 1. The van der Waals surface area contributed by atoms with E-state index in [0.29, 0.717) is 6.10 Å². The van der Waals surface area contributed by atoms with Crippen molar-refractivity contribution in [3.8, 4) is 17.0 Å². The average Bonchev–Trinajstić information content (AvgIpc) is 3.14. The Morgan fingerprint density at radius 3 is 2.47 bits per heavy atom. The quantitative estimate of drug-likeness (QED) is 0.875. The van der Waals surface area contributed by atoms with Gasteiger partial charge in [0.15, 0.2) is 0 Å². The van der Waals surface area contributed by atoms with Crippen molar-refractivity contribution in [2.24, 2.45) is 0 Å². The molecule has 1 aliphatic carbocycles. The van der Waals surface area contributed by atoms with Crippen molar-refractivity contribution >= 4 is 0 Å². The fourth-order valence-electron chi connectivity index (χ4n) is 1.71. The van der Waals surface area contributed by atoms with Crippen LogP contribution in [0.15, 0.2) is 47.3 Å². The van der Waals surface area contributed by atoms with E-state index in [2.05, 4.69) is 4.98 Å². The van der Waals surface area contributed by atoms with Gasteiger partial charge in [-0.25, -0.2) is 0 Å². The van der Waals surface area contributed by atoms with Crippen molar-refractivity contribution in [2.45, 2.75) is 18.9 Å². The predicted molar refractivity (Wildman–Crippen MR) is 66.1 cm³/mol. The second-order valence-corrected chi connectivity index (χ2v) is 4.27. The molecule has 0 unspecified atom stereocenters. The molecule has 0 aliphatic heterocycles. The van der Waals surface area contributed by atoms with Gasteiger partial charge in [-0.05, 0) is 48.7 Å². The number of ether oxygens (including phenoxy) is 1. The molecule has 3 rings (SSSR count). The molecule has 1 heterocycles. The minimum Gasteiger partial charge on any atom is -0.490 e. The van der Waals surface area contributed by atoms with Crippen LogP contribution in [-0.2, 0) is 0 Å². The Balaban J connectivity index is 1.85. The molecular weight excluding hydrogens is 214 g/mol. The molecule has 17 heavy (non-hydrogen) atoms. The molecule has 0 atom stereocenters. The Morgan fingerprint density at radius 2 is 1.82 bits per heavy atom. The second-order valence-electron chi connectivity index (χ2n) is 4.27. The Morgan fingerprint density at radius 1 is 1.06 bits per heavy atom. The third kappa shape index (κ3) is 2.38. The molecule has 0 spiro atoms. The highest BCUT2D eigenvalue weighted by Crippen LogP contribution is 2.27. The van der Waals surface area contributed by atoms with E-state index in [9.17, 15) is 4.79 Å². The number of aromatic nitrogens is 1. The Hall–Kier alpha value is -2.03. The molecule has 1 N–H and O–H groups in total. The summed E-state index contributed by atoms with van der Waals surface area (Å²) in [4.78, 5) is 14.0. The van der Waals surface area contributed by atoms with Gasteiger partial charge in [0.2, 0.25) is 5.56 Å². The summed E-state index contributed by atoms with van der Waals surface area (Å²) in [6.45, 7) is 0. The lowest BCUT2D eigenvalue weighted by atomic mass is 10.1. The molecular formula is C14H13NO2. The molecule has 1 aliphatic rings. The van der Waals surface area contributed by atoms with Crippen LogP contribution in [0, 0.1) is 0 Å². The first-order valence-electron chi connectivity index (χ1n) is 5.78. The second kappa shape index (κ2) is 4.09. The number of pyridine rings is 1. The van der Waals surface area contributed by atoms with Crippen LogP contribution in [0.4, 0.5) is 0 Å². The van der Waals surface area contributed by atoms with Crippen LogP contribution in [0.2, 0.25) is 0 Å². The lowest BCUT2D eigenvalue weighted by Crippen LogP contribution is -2.03. The number of nitrogens with one attached hydrogen (secondary N) is 1. The third-order valence-electron chi connectivity index (χ3n) is 2.76. The van der Waals surface area contributed by atoms with Crippen LogP contribution in [0.3, 0.4) is 0 Å². The molecule has 0 amide bonds. The predicted octanol–water partition coefficient (Wildman–Crippen LogP) is 2.58. The largest absolute Gasteiger partial charge is 0.490 e. The summed E-state index contributed by atoms with van der Waals surface area (Å²) in [6, 6.07) is 13.0. The van der Waals surface area contributed by atoms with Crippen molar-refractivity contribution in [1.29, 1.82) is 0 Å². The minimum atomic E-state index is -0.0826. The number of H-pyrrole nitrogens is 1. The van der Waals surface area contributed by atoms with E-state index in [0.717, 1.165) is 29.8 Å². The SMILES string of the molecule is O=c1cccc(-c2ccc(OC3CC3)cc2)[nH]1. The summed E-state index contributed by atoms with van der Waals surface area (Å²) in [5.74, 6) is 0.898. The molecule has 3 heteroatoms. The van der Waals surface area contributed by atoms with E-state index in [4.69, 9.17) is 4.74 Å². The Bertz CT molecular complexity index is 567. The van der Waals surface area contributed by atoms with Crippen LogP contribution in [-0.4, -0.2) is 11.1 Å². The van der Waals surface area contributed by atoms with Crippen molar-refractivity contribution in [3.05, 3.63) is 52.8 Å². The Kier molecular flexibility index (Phi) is 2.44. The van der Waals surface area contributed by atoms with Gasteiger partial charge in [-0.2, -0.15) is 0 Å². The molecule has 3 nitrogen and oxygen atoms in total. The van der Waals surface area contributed by atoms with Crippen LogP contribution < -0.4 is 10.3 Å². The van der Waals surface area contributed by atoms with E-state index >= 15 is 0 Å². The van der Waals surface area contributed by atoms with Gasteiger partial charge >= 0.3 is 0 Å². The average molecular weight is 227 g/mol. The van der Waals surface area contributed by atoms with Crippen LogP contribution in [0.25, 0.3) is 11.3 Å². The van der Waals surface area contributed by atoms with E-state index in [1.165, 1.54) is 6.07 Å². The lowest BCUT2D eigenvalue weighted by molar-refractivity contribution is 0.303. The summed E-state index contributed by atoms with van der Waals surface area (Å²) in [7, 11) is 0. The molecule has 2 aromatic rings. The maximum absolute atomic E-state index is 11.2. The van der Waals surface area contributed by atoms with Crippen molar-refractivity contribution in [3.63, 3.8) is 0 Å². The van der Waals surface area contributed by atoms with E-state index in [1.807, 2.05) is 30.3 Å². The highest BCUT2D eigenvalue weighted by molar-refractivity contribution is 5.59. The summed E-state index contributed by atoms with van der Waals surface area (Å²) in [6.07, 6.45) is 2.74. The van der Waals surface area contributed by atoms with Gasteiger partial charge in [0.25, 0.3) is 0 Å². The molecule has 0 bridgehead atoms. The molecule has 86 valence electrons.